The maximum Gasteiger partial charge on any atom is 0.329 e. The van der Waals surface area contributed by atoms with Crippen molar-refractivity contribution in [1.82, 2.24) is 4.90 Å². The van der Waals surface area contributed by atoms with Gasteiger partial charge in [-0.25, -0.2) is 4.79 Å². The van der Waals surface area contributed by atoms with Crippen LogP contribution in [-0.4, -0.2) is 54.3 Å². The van der Waals surface area contributed by atoms with Gasteiger partial charge in [0.1, 0.15) is 11.8 Å². The average Bonchev–Trinajstić information content (AvgIpc) is 3.42. The Morgan fingerprint density at radius 2 is 2.14 bits per heavy atom. The molecule has 8 nitrogen and oxygen atoms in total. The molecule has 1 aromatic heterocycles. The number of anilines is 1. The van der Waals surface area contributed by atoms with Crippen molar-refractivity contribution in [3.8, 4) is 5.75 Å². The van der Waals surface area contributed by atoms with Crippen molar-refractivity contribution >= 4 is 40.6 Å². The zero-order chi connectivity index (χ0) is 20.4. The van der Waals surface area contributed by atoms with E-state index < -0.39 is 24.4 Å². The second-order valence-electron chi connectivity index (χ2n) is 6.71. The summed E-state index contributed by atoms with van der Waals surface area (Å²) in [4.78, 5) is 51.0. The second kappa shape index (κ2) is 8.04. The van der Waals surface area contributed by atoms with Crippen LogP contribution in [0.4, 0.5) is 5.69 Å². The number of ketones is 1. The number of benzene rings is 1. The van der Waals surface area contributed by atoms with E-state index in [0.717, 1.165) is 0 Å². The number of esters is 1. The second-order valence-corrected chi connectivity index (χ2v) is 7.66. The summed E-state index contributed by atoms with van der Waals surface area (Å²) in [7, 11) is 0. The molecule has 0 saturated carbocycles. The molecular formula is C20H18N2O6S. The summed E-state index contributed by atoms with van der Waals surface area (Å²) in [6.07, 6.45) is 1.21. The minimum atomic E-state index is -0.686. The molecule has 2 amide bonds. The number of carbonyl (C=O) groups is 4. The van der Waals surface area contributed by atoms with Gasteiger partial charge >= 0.3 is 5.97 Å². The molecule has 1 aromatic carbocycles. The lowest BCUT2D eigenvalue weighted by molar-refractivity contribution is -0.147. The van der Waals surface area contributed by atoms with Gasteiger partial charge in [-0.15, -0.1) is 11.3 Å². The number of carbonyl (C=O) groups excluding carboxylic acids is 4. The molecule has 0 radical (unpaired) electrons. The van der Waals surface area contributed by atoms with Crippen LogP contribution in [0.1, 0.15) is 32.9 Å². The third-order valence-electron chi connectivity index (χ3n) is 4.80. The van der Waals surface area contributed by atoms with Crippen molar-refractivity contribution in [2.24, 2.45) is 0 Å². The molecule has 1 N–H and O–H groups in total. The summed E-state index contributed by atoms with van der Waals surface area (Å²) in [5, 5.41) is 4.44. The Morgan fingerprint density at radius 3 is 2.93 bits per heavy atom. The lowest BCUT2D eigenvalue weighted by Gasteiger charge is -2.22. The van der Waals surface area contributed by atoms with Crippen molar-refractivity contribution in [2.45, 2.75) is 18.9 Å². The van der Waals surface area contributed by atoms with Crippen LogP contribution in [0.3, 0.4) is 0 Å². The predicted octanol–water partition coefficient (Wildman–Crippen LogP) is 2.11. The van der Waals surface area contributed by atoms with E-state index in [-0.39, 0.29) is 18.4 Å². The van der Waals surface area contributed by atoms with Gasteiger partial charge in [-0.2, -0.15) is 0 Å². The summed E-state index contributed by atoms with van der Waals surface area (Å²) in [6, 6.07) is 7.44. The van der Waals surface area contributed by atoms with E-state index in [1.165, 1.54) is 22.3 Å². The summed E-state index contributed by atoms with van der Waals surface area (Å²) in [5.41, 5.74) is 0.697. The topological polar surface area (TPSA) is 102 Å². The Bertz CT molecular complexity index is 971. The molecule has 2 aliphatic rings. The van der Waals surface area contributed by atoms with Crippen molar-refractivity contribution < 1.29 is 28.7 Å². The zero-order valence-corrected chi connectivity index (χ0v) is 16.2. The van der Waals surface area contributed by atoms with E-state index in [4.69, 9.17) is 9.47 Å². The number of thiophene rings is 1. The van der Waals surface area contributed by atoms with Gasteiger partial charge in [0.15, 0.2) is 19.0 Å². The van der Waals surface area contributed by atoms with Crippen molar-refractivity contribution in [2.75, 3.05) is 25.1 Å². The first kappa shape index (κ1) is 19.1. The van der Waals surface area contributed by atoms with Gasteiger partial charge in [0, 0.05) is 12.1 Å². The standard InChI is InChI=1S/C20H18N2O6S/c23-15(12-5-6-16-13(9-12)21-18(24)11-27-16)10-28-20(26)14-3-1-7-22(14)19(25)17-4-2-8-29-17/h2,4-6,8-9,14H,1,3,7,10-11H2,(H,21,24). The summed E-state index contributed by atoms with van der Waals surface area (Å²) >= 11 is 1.32. The fourth-order valence-corrected chi connectivity index (χ4v) is 4.05. The highest BCUT2D eigenvalue weighted by Gasteiger charge is 2.36. The van der Waals surface area contributed by atoms with Crippen LogP contribution in [0, 0.1) is 0 Å². The third kappa shape index (κ3) is 4.00. The largest absolute Gasteiger partial charge is 0.482 e. The Balaban J connectivity index is 1.38. The van der Waals surface area contributed by atoms with Crippen LogP contribution >= 0.6 is 11.3 Å². The summed E-state index contributed by atoms with van der Waals surface area (Å²) in [5.74, 6) is -1.02. The number of ether oxygens (including phenoxy) is 2. The van der Waals surface area contributed by atoms with Gasteiger partial charge in [0.25, 0.3) is 11.8 Å². The molecule has 3 heterocycles. The minimum absolute atomic E-state index is 0.0695. The van der Waals surface area contributed by atoms with Gasteiger partial charge in [0.05, 0.1) is 10.6 Å². The van der Waals surface area contributed by atoms with Crippen LogP contribution < -0.4 is 10.1 Å². The smallest absolute Gasteiger partial charge is 0.329 e. The number of rotatable bonds is 5. The van der Waals surface area contributed by atoms with Gasteiger partial charge < -0.3 is 19.7 Å². The number of nitrogens with one attached hydrogen (secondary N) is 1. The van der Waals surface area contributed by atoms with Gasteiger partial charge in [-0.3, -0.25) is 14.4 Å². The van der Waals surface area contributed by atoms with Crippen LogP contribution in [0.25, 0.3) is 0 Å². The Kier molecular flexibility index (Phi) is 5.30. The first-order chi connectivity index (χ1) is 14.0. The number of hydrogen-bond acceptors (Lipinski definition) is 7. The first-order valence-corrected chi connectivity index (χ1v) is 10.0. The van der Waals surface area contributed by atoms with E-state index >= 15 is 0 Å². The molecule has 150 valence electrons. The zero-order valence-electron chi connectivity index (χ0n) is 15.4. The van der Waals surface area contributed by atoms with E-state index in [0.29, 0.717) is 41.3 Å². The molecule has 2 aliphatic heterocycles. The number of nitrogens with zero attached hydrogens (tertiary/aromatic N) is 1. The van der Waals surface area contributed by atoms with Crippen LogP contribution in [0.2, 0.25) is 0 Å². The molecule has 29 heavy (non-hydrogen) atoms. The Labute approximate surface area is 170 Å². The Morgan fingerprint density at radius 1 is 1.28 bits per heavy atom. The monoisotopic (exact) mass is 414 g/mol. The number of likely N-dealkylation sites (tertiary alicyclic amines) is 1. The SMILES string of the molecule is O=C1COc2ccc(C(=O)COC(=O)C3CCCN3C(=O)c3cccs3)cc2N1. The van der Waals surface area contributed by atoms with Crippen LogP contribution in [0.5, 0.6) is 5.75 Å². The van der Waals surface area contributed by atoms with E-state index in [9.17, 15) is 19.2 Å². The molecule has 1 unspecified atom stereocenters. The fourth-order valence-electron chi connectivity index (χ4n) is 3.37. The number of fused-ring (bicyclic) bond motifs is 1. The average molecular weight is 414 g/mol. The molecule has 1 atom stereocenters. The van der Waals surface area contributed by atoms with Crippen molar-refractivity contribution in [3.63, 3.8) is 0 Å². The molecule has 0 bridgehead atoms. The molecular weight excluding hydrogens is 396 g/mol. The molecule has 4 rings (SSSR count). The van der Waals surface area contributed by atoms with Gasteiger partial charge in [0.2, 0.25) is 0 Å². The Hall–Kier alpha value is -3.20. The lowest BCUT2D eigenvalue weighted by Crippen LogP contribution is -2.41. The van der Waals surface area contributed by atoms with Gasteiger partial charge in [-0.1, -0.05) is 6.07 Å². The highest BCUT2D eigenvalue weighted by Crippen LogP contribution is 2.29. The third-order valence-corrected chi connectivity index (χ3v) is 5.66. The minimum Gasteiger partial charge on any atom is -0.482 e. The molecule has 0 spiro atoms. The van der Waals surface area contributed by atoms with Crippen molar-refractivity contribution in [3.05, 3.63) is 46.2 Å². The summed E-state index contributed by atoms with van der Waals surface area (Å²) in [6.45, 7) is -0.0289. The molecule has 1 fully saturated rings. The highest BCUT2D eigenvalue weighted by molar-refractivity contribution is 7.12. The maximum atomic E-state index is 12.6. The number of Topliss-reactive ketones (excluding diaryl/α,β-unsaturated/α-hetero) is 1. The first-order valence-electron chi connectivity index (χ1n) is 9.14. The molecule has 9 heteroatoms. The van der Waals surface area contributed by atoms with Crippen molar-refractivity contribution in [1.29, 1.82) is 0 Å². The van der Waals surface area contributed by atoms with Crippen LogP contribution in [0.15, 0.2) is 35.7 Å². The number of hydrogen-bond donors (Lipinski definition) is 1. The summed E-state index contributed by atoms with van der Waals surface area (Å²) < 4.78 is 10.5. The van der Waals surface area contributed by atoms with E-state index in [1.54, 1.807) is 29.6 Å². The highest BCUT2D eigenvalue weighted by atomic mass is 32.1. The fraction of sp³-hybridized carbons (Fsp3) is 0.300. The van der Waals surface area contributed by atoms with Gasteiger partial charge in [-0.05, 0) is 42.5 Å². The van der Waals surface area contributed by atoms with E-state index in [2.05, 4.69) is 5.32 Å². The maximum absolute atomic E-state index is 12.6. The number of amides is 2. The predicted molar refractivity (Wildman–Crippen MR) is 104 cm³/mol. The lowest BCUT2D eigenvalue weighted by atomic mass is 10.1. The molecule has 0 aliphatic carbocycles. The molecule has 2 aromatic rings. The molecule has 1 saturated heterocycles. The normalized spacial score (nSPS) is 17.9. The van der Waals surface area contributed by atoms with E-state index in [1.807, 2.05) is 0 Å². The quantitative estimate of drug-likeness (QED) is 0.594. The van der Waals surface area contributed by atoms with Crippen LogP contribution in [-0.2, 0) is 14.3 Å².